The van der Waals surface area contributed by atoms with Crippen molar-refractivity contribution in [3.8, 4) is 5.75 Å². The average Bonchev–Trinajstić information content (AvgIpc) is 2.79. The molecule has 10 heteroatoms. The van der Waals surface area contributed by atoms with Crippen LogP contribution in [-0.4, -0.2) is 64.7 Å². The van der Waals surface area contributed by atoms with Crippen molar-refractivity contribution < 1.29 is 33.8 Å². The van der Waals surface area contributed by atoms with Crippen LogP contribution in [0.3, 0.4) is 0 Å². The van der Waals surface area contributed by atoms with Gasteiger partial charge >= 0.3 is 12.1 Å². The number of phenolic OH excluding ortho intramolecular Hbond substituents is 1. The van der Waals surface area contributed by atoms with E-state index in [0.717, 1.165) is 0 Å². The van der Waals surface area contributed by atoms with E-state index >= 15 is 0 Å². The van der Waals surface area contributed by atoms with Gasteiger partial charge in [-0.15, -0.1) is 0 Å². The number of carbonyl (C=O) groups excluding carboxylic acids is 4. The van der Waals surface area contributed by atoms with Crippen molar-refractivity contribution in [1.29, 1.82) is 0 Å². The molecule has 3 unspecified atom stereocenters. The third-order valence-corrected chi connectivity index (χ3v) is 5.62. The van der Waals surface area contributed by atoms with Crippen LogP contribution in [0, 0.1) is 5.92 Å². The van der Waals surface area contributed by atoms with Crippen LogP contribution in [0.4, 0.5) is 4.79 Å². The Bertz CT molecular complexity index is 927. The van der Waals surface area contributed by atoms with Gasteiger partial charge in [0, 0.05) is 18.2 Å². The molecule has 1 aromatic rings. The van der Waals surface area contributed by atoms with Gasteiger partial charge in [0.15, 0.2) is 0 Å². The van der Waals surface area contributed by atoms with E-state index in [1.807, 2.05) is 6.92 Å². The lowest BCUT2D eigenvalue weighted by Crippen LogP contribution is -2.57. The second-order valence-corrected chi connectivity index (χ2v) is 10.2. The largest absolute Gasteiger partial charge is 0.508 e. The number of ether oxygens (including phenoxy) is 2. The standard InChI is InChI=1S/C27H43N3O7/c1-9-18(5)30(25(34)22(17(3)4)29-26(35)37-27(6,7)8)23(19-13-11-12-14-20(19)31)24(33)28-16-15-21(32)36-10-2/h11-14,17-18,22-23,31H,9-10,15-16H2,1-8H3,(H,28,33)(H,29,35). The quantitative estimate of drug-likeness (QED) is 0.357. The van der Waals surface area contributed by atoms with Crippen molar-refractivity contribution in [2.45, 2.75) is 92.0 Å². The number of aromatic hydroxyl groups is 1. The van der Waals surface area contributed by atoms with Crippen LogP contribution in [0.1, 0.15) is 79.8 Å². The van der Waals surface area contributed by atoms with E-state index in [0.29, 0.717) is 6.42 Å². The minimum atomic E-state index is -1.22. The van der Waals surface area contributed by atoms with Gasteiger partial charge in [-0.3, -0.25) is 14.4 Å². The maximum atomic E-state index is 14.0. The molecule has 10 nitrogen and oxygen atoms in total. The second kappa shape index (κ2) is 14.4. The monoisotopic (exact) mass is 521 g/mol. The first kappa shape index (κ1) is 31.7. The molecule has 3 atom stereocenters. The molecule has 0 saturated carbocycles. The zero-order chi connectivity index (χ0) is 28.3. The highest BCUT2D eigenvalue weighted by molar-refractivity contribution is 5.93. The third-order valence-electron chi connectivity index (χ3n) is 5.62. The van der Waals surface area contributed by atoms with Gasteiger partial charge in [-0.05, 0) is 53.0 Å². The lowest BCUT2D eigenvalue weighted by molar-refractivity contribution is -0.146. The van der Waals surface area contributed by atoms with E-state index in [4.69, 9.17) is 9.47 Å². The van der Waals surface area contributed by atoms with E-state index in [2.05, 4.69) is 10.6 Å². The molecule has 3 amide bonds. The van der Waals surface area contributed by atoms with E-state index < -0.39 is 47.6 Å². The van der Waals surface area contributed by atoms with E-state index in [9.17, 15) is 24.3 Å². The highest BCUT2D eigenvalue weighted by Crippen LogP contribution is 2.32. The Labute approximate surface area is 220 Å². The average molecular weight is 522 g/mol. The number of carbonyl (C=O) groups is 4. The van der Waals surface area contributed by atoms with Crippen molar-refractivity contribution >= 4 is 23.9 Å². The van der Waals surface area contributed by atoms with Crippen LogP contribution in [0.25, 0.3) is 0 Å². The number of phenols is 1. The second-order valence-electron chi connectivity index (χ2n) is 10.2. The Kier molecular flexibility index (Phi) is 12.4. The normalized spacial score (nSPS) is 13.8. The highest BCUT2D eigenvalue weighted by atomic mass is 16.6. The number of benzene rings is 1. The van der Waals surface area contributed by atoms with Crippen molar-refractivity contribution in [3.05, 3.63) is 29.8 Å². The van der Waals surface area contributed by atoms with Gasteiger partial charge in [0.25, 0.3) is 0 Å². The Morgan fingerprint density at radius 3 is 2.19 bits per heavy atom. The molecule has 0 aromatic heterocycles. The van der Waals surface area contributed by atoms with Crippen LogP contribution in [-0.2, 0) is 23.9 Å². The molecule has 0 radical (unpaired) electrons. The summed E-state index contributed by atoms with van der Waals surface area (Å²) in [6, 6.07) is 3.63. The van der Waals surface area contributed by atoms with Gasteiger partial charge in [0.05, 0.1) is 13.0 Å². The summed E-state index contributed by atoms with van der Waals surface area (Å²) in [5.41, 5.74) is -0.535. The van der Waals surface area contributed by atoms with Gasteiger partial charge in [-0.1, -0.05) is 39.0 Å². The summed E-state index contributed by atoms with van der Waals surface area (Å²) in [7, 11) is 0. The summed E-state index contributed by atoms with van der Waals surface area (Å²) in [6.45, 7) is 14.3. The SMILES string of the molecule is CCOC(=O)CCNC(=O)C(c1ccccc1O)N(C(=O)C(NC(=O)OC(C)(C)C)C(C)C)C(C)CC. The molecule has 0 aliphatic carbocycles. The minimum absolute atomic E-state index is 0.00589. The molecule has 0 heterocycles. The first-order valence-corrected chi connectivity index (χ1v) is 12.8. The molecule has 1 aromatic carbocycles. The zero-order valence-corrected chi connectivity index (χ0v) is 23.3. The van der Waals surface area contributed by atoms with Gasteiger partial charge in [-0.25, -0.2) is 4.79 Å². The van der Waals surface area contributed by atoms with Gasteiger partial charge < -0.3 is 30.1 Å². The molecule has 0 aliphatic rings. The summed E-state index contributed by atoms with van der Waals surface area (Å²) < 4.78 is 10.3. The van der Waals surface area contributed by atoms with Gasteiger partial charge in [-0.2, -0.15) is 0 Å². The molecule has 37 heavy (non-hydrogen) atoms. The predicted molar refractivity (Wildman–Crippen MR) is 140 cm³/mol. The van der Waals surface area contributed by atoms with E-state index in [-0.39, 0.29) is 36.8 Å². The molecule has 3 N–H and O–H groups in total. The summed E-state index contributed by atoms with van der Waals surface area (Å²) >= 11 is 0. The Morgan fingerprint density at radius 1 is 1.05 bits per heavy atom. The van der Waals surface area contributed by atoms with Crippen molar-refractivity contribution in [2.75, 3.05) is 13.2 Å². The number of amides is 3. The Hall–Kier alpha value is -3.30. The lowest BCUT2D eigenvalue weighted by Gasteiger charge is -2.39. The third kappa shape index (κ3) is 9.93. The Morgan fingerprint density at radius 2 is 1.68 bits per heavy atom. The lowest BCUT2D eigenvalue weighted by atomic mass is 9.96. The minimum Gasteiger partial charge on any atom is -0.508 e. The van der Waals surface area contributed by atoms with Crippen LogP contribution in [0.2, 0.25) is 0 Å². The number of alkyl carbamates (subject to hydrolysis) is 1. The zero-order valence-electron chi connectivity index (χ0n) is 23.3. The highest BCUT2D eigenvalue weighted by Gasteiger charge is 2.40. The molecule has 0 spiro atoms. The number of para-hydroxylation sites is 1. The van der Waals surface area contributed by atoms with Crippen molar-refractivity contribution in [3.63, 3.8) is 0 Å². The first-order valence-electron chi connectivity index (χ1n) is 12.8. The van der Waals surface area contributed by atoms with Crippen molar-refractivity contribution in [1.82, 2.24) is 15.5 Å². The first-order chi connectivity index (χ1) is 17.2. The van der Waals surface area contributed by atoms with Gasteiger partial charge in [0.2, 0.25) is 11.8 Å². The molecule has 0 aliphatic heterocycles. The number of hydrogen-bond donors (Lipinski definition) is 3. The van der Waals surface area contributed by atoms with Crippen molar-refractivity contribution in [2.24, 2.45) is 5.92 Å². The maximum absolute atomic E-state index is 14.0. The smallest absolute Gasteiger partial charge is 0.408 e. The molecule has 208 valence electrons. The predicted octanol–water partition coefficient (Wildman–Crippen LogP) is 3.68. The maximum Gasteiger partial charge on any atom is 0.408 e. The fraction of sp³-hybridized carbons (Fsp3) is 0.630. The number of hydrogen-bond acceptors (Lipinski definition) is 7. The fourth-order valence-corrected chi connectivity index (χ4v) is 3.66. The number of esters is 1. The molecule has 1 rings (SSSR count). The summed E-state index contributed by atoms with van der Waals surface area (Å²) in [6.07, 6.45) is -0.288. The molecule has 0 fully saturated rings. The van der Waals surface area contributed by atoms with Crippen LogP contribution in [0.15, 0.2) is 24.3 Å². The molecule has 0 bridgehead atoms. The topological polar surface area (TPSA) is 134 Å². The molecular formula is C27H43N3O7. The number of nitrogens with one attached hydrogen (secondary N) is 2. The molecular weight excluding hydrogens is 478 g/mol. The number of rotatable bonds is 12. The van der Waals surface area contributed by atoms with Crippen LogP contribution >= 0.6 is 0 Å². The summed E-state index contributed by atoms with van der Waals surface area (Å²) in [4.78, 5) is 53.2. The van der Waals surface area contributed by atoms with Gasteiger partial charge in [0.1, 0.15) is 23.4 Å². The summed E-state index contributed by atoms with van der Waals surface area (Å²) in [5.74, 6) is -2.01. The fourth-order valence-electron chi connectivity index (χ4n) is 3.66. The molecule has 0 saturated heterocycles. The number of nitrogens with zero attached hydrogens (tertiary/aromatic N) is 1. The van der Waals surface area contributed by atoms with Crippen LogP contribution < -0.4 is 10.6 Å². The summed E-state index contributed by atoms with van der Waals surface area (Å²) in [5, 5.41) is 16.0. The van der Waals surface area contributed by atoms with E-state index in [1.54, 1.807) is 66.7 Å². The van der Waals surface area contributed by atoms with E-state index in [1.165, 1.54) is 11.0 Å². The van der Waals surface area contributed by atoms with Crippen LogP contribution in [0.5, 0.6) is 5.75 Å². The Balaban J connectivity index is 3.43.